The van der Waals surface area contributed by atoms with E-state index in [9.17, 15) is 9.59 Å². The zero-order chi connectivity index (χ0) is 21.5. The molecule has 2 aromatic carbocycles. The normalized spacial score (nSPS) is 15.8. The maximum absolute atomic E-state index is 12.8. The molecule has 1 aliphatic heterocycles. The number of para-hydroxylation sites is 1. The molecule has 1 unspecified atom stereocenters. The van der Waals surface area contributed by atoms with Gasteiger partial charge in [0.2, 0.25) is 0 Å². The van der Waals surface area contributed by atoms with Crippen LogP contribution in [-0.4, -0.2) is 32.8 Å². The third kappa shape index (κ3) is 4.56. The van der Waals surface area contributed by atoms with Crippen LogP contribution < -0.4 is 20.1 Å². The molecular weight excluding hydrogens is 384 g/mol. The summed E-state index contributed by atoms with van der Waals surface area (Å²) in [6, 6.07) is 13.3. The molecule has 7 nitrogen and oxygen atoms in total. The summed E-state index contributed by atoms with van der Waals surface area (Å²) >= 11 is 0. The van der Waals surface area contributed by atoms with Gasteiger partial charge in [-0.3, -0.25) is 0 Å². The highest BCUT2D eigenvalue weighted by molar-refractivity contribution is 6.04. The Morgan fingerprint density at radius 3 is 2.47 bits per heavy atom. The highest BCUT2D eigenvalue weighted by Gasteiger charge is 2.35. The van der Waals surface area contributed by atoms with Gasteiger partial charge in [0, 0.05) is 5.56 Å². The predicted molar refractivity (Wildman–Crippen MR) is 113 cm³/mol. The first-order valence-electron chi connectivity index (χ1n) is 9.85. The van der Waals surface area contributed by atoms with Crippen molar-refractivity contribution in [2.45, 2.75) is 25.8 Å². The van der Waals surface area contributed by atoms with Gasteiger partial charge in [0.1, 0.15) is 11.5 Å². The van der Waals surface area contributed by atoms with Crippen LogP contribution in [0.5, 0.6) is 11.5 Å². The molecule has 0 aliphatic carbocycles. The van der Waals surface area contributed by atoms with E-state index in [-0.39, 0.29) is 0 Å². The van der Waals surface area contributed by atoms with Crippen molar-refractivity contribution in [1.29, 1.82) is 0 Å². The molecule has 0 bridgehead atoms. The Labute approximate surface area is 176 Å². The summed E-state index contributed by atoms with van der Waals surface area (Å²) in [5.74, 6) is 0.751. The second-order valence-electron chi connectivity index (χ2n) is 6.78. The molecule has 2 N–H and O–H groups in total. The first-order valence-corrected chi connectivity index (χ1v) is 9.85. The van der Waals surface area contributed by atoms with Crippen LogP contribution in [0.15, 0.2) is 54.1 Å². The number of unbranched alkanes of at least 4 members (excludes halogenated alkanes) is 1. The number of amides is 2. The van der Waals surface area contributed by atoms with Gasteiger partial charge in [-0.05, 0) is 42.3 Å². The minimum absolute atomic E-state index is 0.300. The summed E-state index contributed by atoms with van der Waals surface area (Å²) in [6.45, 7) is 2.64. The van der Waals surface area contributed by atoms with Crippen LogP contribution in [0.25, 0.3) is 5.70 Å². The van der Waals surface area contributed by atoms with Crippen LogP contribution >= 0.6 is 0 Å². The molecule has 30 heavy (non-hydrogen) atoms. The number of esters is 1. The molecule has 0 spiro atoms. The molecule has 0 saturated carbocycles. The average molecular weight is 410 g/mol. The Kier molecular flexibility index (Phi) is 6.95. The van der Waals surface area contributed by atoms with E-state index in [1.165, 1.54) is 7.11 Å². The van der Waals surface area contributed by atoms with Gasteiger partial charge in [0.15, 0.2) is 0 Å². The van der Waals surface area contributed by atoms with Crippen molar-refractivity contribution in [3.8, 4) is 11.5 Å². The lowest BCUT2D eigenvalue weighted by Crippen LogP contribution is -2.45. The number of ether oxygens (including phenoxy) is 3. The van der Waals surface area contributed by atoms with E-state index >= 15 is 0 Å². The van der Waals surface area contributed by atoms with Gasteiger partial charge < -0.3 is 24.8 Å². The van der Waals surface area contributed by atoms with E-state index in [2.05, 4.69) is 17.6 Å². The van der Waals surface area contributed by atoms with Gasteiger partial charge in [-0.2, -0.15) is 0 Å². The predicted octanol–water partition coefficient (Wildman–Crippen LogP) is 3.81. The van der Waals surface area contributed by atoms with Crippen molar-refractivity contribution in [3.63, 3.8) is 0 Å². The van der Waals surface area contributed by atoms with Crippen molar-refractivity contribution in [2.75, 3.05) is 20.8 Å². The van der Waals surface area contributed by atoms with Crippen molar-refractivity contribution in [3.05, 3.63) is 65.2 Å². The Morgan fingerprint density at radius 1 is 1.07 bits per heavy atom. The van der Waals surface area contributed by atoms with Gasteiger partial charge in [0.25, 0.3) is 0 Å². The van der Waals surface area contributed by atoms with Crippen molar-refractivity contribution >= 4 is 17.7 Å². The number of benzene rings is 2. The summed E-state index contributed by atoms with van der Waals surface area (Å²) in [4.78, 5) is 25.3. The molecule has 3 rings (SSSR count). The number of carbonyl (C=O) groups is 2. The second-order valence-corrected chi connectivity index (χ2v) is 6.78. The van der Waals surface area contributed by atoms with E-state index in [4.69, 9.17) is 14.2 Å². The number of carbonyl (C=O) groups excluding carboxylic acids is 2. The van der Waals surface area contributed by atoms with Crippen LogP contribution in [0.4, 0.5) is 4.79 Å². The lowest BCUT2D eigenvalue weighted by molar-refractivity contribution is -0.136. The third-order valence-corrected chi connectivity index (χ3v) is 4.84. The molecule has 7 heteroatoms. The first-order chi connectivity index (χ1) is 14.6. The van der Waals surface area contributed by atoms with Gasteiger partial charge in [0.05, 0.1) is 38.1 Å². The van der Waals surface area contributed by atoms with Crippen LogP contribution in [0, 0.1) is 0 Å². The molecule has 1 heterocycles. The quantitative estimate of drug-likeness (QED) is 0.511. The fourth-order valence-electron chi connectivity index (χ4n) is 3.29. The summed E-state index contributed by atoms with van der Waals surface area (Å²) in [5.41, 5.74) is 2.05. The molecule has 1 atom stereocenters. The van der Waals surface area contributed by atoms with E-state index in [1.54, 1.807) is 31.4 Å². The molecule has 0 saturated heterocycles. The number of hydrogen-bond acceptors (Lipinski definition) is 5. The van der Waals surface area contributed by atoms with E-state index in [0.717, 1.165) is 12.8 Å². The Morgan fingerprint density at radius 2 is 1.80 bits per heavy atom. The Hall–Kier alpha value is -3.48. The largest absolute Gasteiger partial charge is 0.497 e. The van der Waals surface area contributed by atoms with Crippen LogP contribution in [0.3, 0.4) is 0 Å². The molecule has 0 radical (unpaired) electrons. The van der Waals surface area contributed by atoms with E-state index in [1.807, 2.05) is 24.3 Å². The Balaban J connectivity index is 2.11. The minimum atomic E-state index is -0.721. The molecule has 0 aromatic heterocycles. The Bertz CT molecular complexity index is 937. The number of nitrogens with one attached hydrogen (secondary N) is 2. The molecule has 158 valence electrons. The number of rotatable bonds is 8. The van der Waals surface area contributed by atoms with Crippen LogP contribution in [-0.2, 0) is 9.53 Å². The topological polar surface area (TPSA) is 85.9 Å². The monoisotopic (exact) mass is 410 g/mol. The van der Waals surface area contributed by atoms with Crippen LogP contribution in [0.2, 0.25) is 0 Å². The van der Waals surface area contributed by atoms with E-state index < -0.39 is 18.0 Å². The van der Waals surface area contributed by atoms with Crippen molar-refractivity contribution < 1.29 is 23.8 Å². The molecule has 1 aliphatic rings. The smallest absolute Gasteiger partial charge is 0.338 e. The number of methoxy groups -OCH3 is 2. The highest BCUT2D eigenvalue weighted by atomic mass is 16.5. The van der Waals surface area contributed by atoms with Gasteiger partial charge in [-0.25, -0.2) is 9.59 Å². The number of hydrogen-bond donors (Lipinski definition) is 2. The molecule has 2 amide bonds. The van der Waals surface area contributed by atoms with Gasteiger partial charge >= 0.3 is 12.0 Å². The maximum atomic E-state index is 12.8. The first kappa shape index (κ1) is 21.2. The van der Waals surface area contributed by atoms with Gasteiger partial charge in [-0.15, -0.1) is 0 Å². The SMILES string of the molecule is CCCCOc1ccccc1C1NC(=O)NC(c2ccc(OC)cc2)=C1C(=O)OC. The highest BCUT2D eigenvalue weighted by Crippen LogP contribution is 2.36. The second kappa shape index (κ2) is 9.82. The molecular formula is C23H26N2O5. The van der Waals surface area contributed by atoms with Gasteiger partial charge in [-0.1, -0.05) is 31.5 Å². The van der Waals surface area contributed by atoms with Crippen molar-refractivity contribution in [2.24, 2.45) is 0 Å². The average Bonchev–Trinajstić information content (AvgIpc) is 2.78. The van der Waals surface area contributed by atoms with Crippen molar-refractivity contribution in [1.82, 2.24) is 10.6 Å². The number of urea groups is 1. The summed E-state index contributed by atoms with van der Waals surface area (Å²) < 4.78 is 16.2. The summed E-state index contributed by atoms with van der Waals surface area (Å²) in [6.07, 6.45) is 1.91. The van der Waals surface area contributed by atoms with E-state index in [0.29, 0.717) is 40.5 Å². The summed E-state index contributed by atoms with van der Waals surface area (Å²) in [5, 5.41) is 5.59. The standard InChI is InChI=1S/C23H26N2O5/c1-4-5-14-30-18-9-7-6-8-17(18)21-19(22(26)29-3)20(24-23(27)25-21)15-10-12-16(28-2)13-11-15/h6-13,21H,4-5,14H2,1-3H3,(H2,24,25,27). The third-order valence-electron chi connectivity index (χ3n) is 4.84. The molecule has 0 fully saturated rings. The fourth-order valence-corrected chi connectivity index (χ4v) is 3.29. The summed E-state index contributed by atoms with van der Waals surface area (Å²) in [7, 11) is 2.89. The van der Waals surface area contributed by atoms with Crippen LogP contribution in [0.1, 0.15) is 36.9 Å². The zero-order valence-corrected chi connectivity index (χ0v) is 17.4. The minimum Gasteiger partial charge on any atom is -0.497 e. The zero-order valence-electron chi connectivity index (χ0n) is 17.4. The lowest BCUT2D eigenvalue weighted by atomic mass is 9.92. The lowest BCUT2D eigenvalue weighted by Gasteiger charge is -2.30. The maximum Gasteiger partial charge on any atom is 0.338 e. The molecule has 2 aromatic rings. The fraction of sp³-hybridized carbons (Fsp3) is 0.304.